The third-order valence-electron chi connectivity index (χ3n) is 10.6. The van der Waals surface area contributed by atoms with Crippen molar-refractivity contribution in [3.63, 3.8) is 0 Å². The summed E-state index contributed by atoms with van der Waals surface area (Å²) >= 11 is 0. The van der Waals surface area contributed by atoms with Crippen LogP contribution in [0.15, 0.2) is 84.9 Å². The maximum absolute atomic E-state index is 13.7. The van der Waals surface area contributed by atoms with Gasteiger partial charge in [0.05, 0.1) is 0 Å². The van der Waals surface area contributed by atoms with Gasteiger partial charge in [-0.2, -0.15) is 0 Å². The second-order valence-corrected chi connectivity index (χ2v) is 22.7. The van der Waals surface area contributed by atoms with Gasteiger partial charge in [0.1, 0.15) is 65.5 Å². The molecule has 3 rings (SSSR count). The fourth-order valence-corrected chi connectivity index (χ4v) is 7.20. The molecule has 0 saturated carbocycles. The van der Waals surface area contributed by atoms with Gasteiger partial charge in [-0.15, -0.1) is 0 Å². The predicted octanol–water partition coefficient (Wildman–Crippen LogP) is 6.22. The second kappa shape index (κ2) is 31.0. The molecule has 3 aromatic carbocycles. The van der Waals surface area contributed by atoms with E-state index in [4.69, 9.17) is 28.4 Å². The Hall–Kier alpha value is -7.71. The number of nitrogens with one attached hydrogen (secondary N) is 6. The van der Waals surface area contributed by atoms with Gasteiger partial charge in [-0.3, -0.25) is 19.2 Å². The molecular formula is C58H82N6O15. The molecule has 0 heterocycles. The van der Waals surface area contributed by atoms with Crippen LogP contribution in [0.25, 0.3) is 0 Å². The summed E-state index contributed by atoms with van der Waals surface area (Å²) in [6.45, 7) is 19.5. The third-order valence-corrected chi connectivity index (χ3v) is 10.6. The van der Waals surface area contributed by atoms with Gasteiger partial charge in [-0.05, 0) is 138 Å². The van der Waals surface area contributed by atoms with Crippen LogP contribution in [0.4, 0.5) is 9.59 Å². The number of amides is 6. The number of carbonyl (C=O) groups excluding carboxylic acids is 9. The SMILES string of the molecule is CC(C)(C)OC(=O)CCC(NC(=O)NC(CCCCNC(=O)C(Cc1ccccc1)NC(=O)COc1ccc(CC(NC(=O)CNC(=O)OCc2ccccc2)C(=O)OC(C)(C)C)cc1)C(=O)OC(C)(C)C)C(=O)OC(C)(C)C. The van der Waals surface area contributed by atoms with E-state index in [1.165, 1.54) is 0 Å². The molecule has 0 fully saturated rings. The molecule has 434 valence electrons. The lowest BCUT2D eigenvalue weighted by Crippen LogP contribution is -2.53. The van der Waals surface area contributed by atoms with E-state index < -0.39 is 113 Å². The summed E-state index contributed by atoms with van der Waals surface area (Å²) in [7, 11) is 0. The van der Waals surface area contributed by atoms with Crippen LogP contribution in [0.2, 0.25) is 0 Å². The molecule has 0 spiro atoms. The number of hydrogen-bond donors (Lipinski definition) is 6. The smallest absolute Gasteiger partial charge is 0.407 e. The normalized spacial score (nSPS) is 13.1. The lowest BCUT2D eigenvalue weighted by molar-refractivity contribution is -0.159. The van der Waals surface area contributed by atoms with E-state index in [0.29, 0.717) is 24.2 Å². The zero-order valence-corrected chi connectivity index (χ0v) is 47.8. The maximum atomic E-state index is 13.7. The van der Waals surface area contributed by atoms with Crippen molar-refractivity contribution in [1.29, 1.82) is 0 Å². The maximum Gasteiger partial charge on any atom is 0.407 e. The third kappa shape index (κ3) is 29.0. The molecule has 21 nitrogen and oxygen atoms in total. The summed E-state index contributed by atoms with van der Waals surface area (Å²) in [6, 6.07) is 19.1. The lowest BCUT2D eigenvalue weighted by Gasteiger charge is -2.27. The van der Waals surface area contributed by atoms with Crippen molar-refractivity contribution in [2.24, 2.45) is 0 Å². The topological polar surface area (TPSA) is 281 Å². The molecule has 79 heavy (non-hydrogen) atoms. The number of benzene rings is 3. The summed E-state index contributed by atoms with van der Waals surface area (Å²) in [4.78, 5) is 118. The van der Waals surface area contributed by atoms with Crippen molar-refractivity contribution in [1.82, 2.24) is 31.9 Å². The number of esters is 4. The molecule has 4 atom stereocenters. The van der Waals surface area contributed by atoms with Crippen LogP contribution in [-0.2, 0) is 76.7 Å². The summed E-state index contributed by atoms with van der Waals surface area (Å²) in [6.07, 6.45) is -0.213. The van der Waals surface area contributed by atoms with Crippen LogP contribution in [0, 0.1) is 0 Å². The first-order valence-electron chi connectivity index (χ1n) is 26.4. The molecule has 0 saturated heterocycles. The molecule has 3 aromatic rings. The van der Waals surface area contributed by atoms with Crippen molar-refractivity contribution in [3.8, 4) is 5.75 Å². The molecule has 0 radical (unpaired) electrons. The summed E-state index contributed by atoms with van der Waals surface area (Å²) in [5, 5.41) is 15.8. The Kier molecular flexibility index (Phi) is 25.8. The molecule has 0 aliphatic carbocycles. The van der Waals surface area contributed by atoms with Gasteiger partial charge < -0.3 is 60.3 Å². The molecule has 0 aliphatic rings. The van der Waals surface area contributed by atoms with Crippen LogP contribution in [0.3, 0.4) is 0 Å². The zero-order chi connectivity index (χ0) is 59.0. The van der Waals surface area contributed by atoms with Crippen molar-refractivity contribution < 1.29 is 71.6 Å². The molecule has 4 unspecified atom stereocenters. The minimum Gasteiger partial charge on any atom is -0.484 e. The first-order valence-corrected chi connectivity index (χ1v) is 26.4. The average molecular weight is 1100 g/mol. The molecular weight excluding hydrogens is 1020 g/mol. The van der Waals surface area contributed by atoms with E-state index in [2.05, 4.69) is 31.9 Å². The first kappa shape index (κ1) is 65.6. The first-order chi connectivity index (χ1) is 36.8. The molecule has 0 bridgehead atoms. The minimum absolute atomic E-state index is 0.00805. The van der Waals surface area contributed by atoms with Crippen LogP contribution >= 0.6 is 0 Å². The van der Waals surface area contributed by atoms with E-state index in [9.17, 15) is 43.2 Å². The largest absolute Gasteiger partial charge is 0.484 e. The van der Waals surface area contributed by atoms with Crippen LogP contribution in [0.5, 0.6) is 5.75 Å². The quantitative estimate of drug-likeness (QED) is 0.0281. The van der Waals surface area contributed by atoms with E-state index in [1.54, 1.807) is 132 Å². The minimum atomic E-state index is -1.26. The fourth-order valence-electron chi connectivity index (χ4n) is 7.20. The van der Waals surface area contributed by atoms with E-state index in [1.807, 2.05) is 36.4 Å². The van der Waals surface area contributed by atoms with Crippen LogP contribution in [-0.4, -0.2) is 120 Å². The number of ether oxygens (including phenoxy) is 6. The highest BCUT2D eigenvalue weighted by Gasteiger charge is 2.32. The summed E-state index contributed by atoms with van der Waals surface area (Å²) in [5.74, 6) is -4.19. The second-order valence-electron chi connectivity index (χ2n) is 22.7. The Bertz CT molecular complexity index is 2480. The Morgan fingerprint density at radius 2 is 0.937 bits per heavy atom. The van der Waals surface area contributed by atoms with E-state index in [-0.39, 0.29) is 45.3 Å². The van der Waals surface area contributed by atoms with Gasteiger partial charge in [-0.25, -0.2) is 24.0 Å². The Morgan fingerprint density at radius 3 is 1.47 bits per heavy atom. The molecule has 6 N–H and O–H groups in total. The number of alkyl carbamates (subject to hydrolysis) is 1. The lowest BCUT2D eigenvalue weighted by atomic mass is 10.0. The standard InChI is InChI=1S/C58H82N6O15/c1-55(2,3)76-48(67)31-30-43(51(70)78-57(7,8)9)64-53(72)63-42(50(69)77-56(4,5)6)25-19-20-32-59-49(68)44(33-38-21-15-13-16-22-38)61-47(66)37-74-41-28-26-39(27-29-41)34-45(52(71)79-58(10,11)12)62-46(65)35-60-54(73)75-36-40-23-17-14-18-24-40/h13-18,21-24,26-29,42-45H,19-20,25,30-37H2,1-12H3,(H,59,68)(H,60,73)(H,61,66)(H,62,65)(H2,63,64,72). The van der Waals surface area contributed by atoms with Gasteiger partial charge in [0, 0.05) is 25.8 Å². The molecule has 21 heteroatoms. The van der Waals surface area contributed by atoms with Crippen molar-refractivity contribution in [2.75, 3.05) is 19.7 Å². The number of unbranched alkanes of at least 4 members (excludes halogenated alkanes) is 1. The predicted molar refractivity (Wildman–Crippen MR) is 293 cm³/mol. The Balaban J connectivity index is 1.60. The average Bonchev–Trinajstić information content (AvgIpc) is 3.33. The van der Waals surface area contributed by atoms with Gasteiger partial charge in [-0.1, -0.05) is 72.8 Å². The zero-order valence-electron chi connectivity index (χ0n) is 47.8. The van der Waals surface area contributed by atoms with Gasteiger partial charge in [0.25, 0.3) is 5.91 Å². The van der Waals surface area contributed by atoms with Gasteiger partial charge >= 0.3 is 36.0 Å². The Morgan fingerprint density at radius 1 is 0.468 bits per heavy atom. The van der Waals surface area contributed by atoms with Crippen LogP contribution < -0.4 is 36.6 Å². The van der Waals surface area contributed by atoms with Crippen molar-refractivity contribution >= 4 is 53.7 Å². The summed E-state index contributed by atoms with van der Waals surface area (Å²) in [5.41, 5.74) is -1.27. The van der Waals surface area contributed by atoms with Crippen molar-refractivity contribution in [2.45, 2.75) is 181 Å². The van der Waals surface area contributed by atoms with Gasteiger partial charge in [0.15, 0.2) is 6.61 Å². The fraction of sp³-hybridized carbons (Fsp3) is 0.534. The number of carbonyl (C=O) groups is 9. The monoisotopic (exact) mass is 1100 g/mol. The van der Waals surface area contributed by atoms with Crippen LogP contribution in [0.1, 0.15) is 132 Å². The molecule has 0 aromatic heterocycles. The van der Waals surface area contributed by atoms with Crippen molar-refractivity contribution in [3.05, 3.63) is 102 Å². The van der Waals surface area contributed by atoms with E-state index in [0.717, 1.165) is 11.1 Å². The van der Waals surface area contributed by atoms with Gasteiger partial charge in [0.2, 0.25) is 11.8 Å². The molecule has 6 amide bonds. The number of urea groups is 1. The number of hydrogen-bond acceptors (Lipinski definition) is 15. The van der Waals surface area contributed by atoms with E-state index >= 15 is 0 Å². The Labute approximate surface area is 464 Å². The highest BCUT2D eigenvalue weighted by molar-refractivity contribution is 5.90. The highest BCUT2D eigenvalue weighted by atomic mass is 16.6. The molecule has 0 aliphatic heterocycles. The number of rotatable bonds is 27. The highest BCUT2D eigenvalue weighted by Crippen LogP contribution is 2.18. The summed E-state index contributed by atoms with van der Waals surface area (Å²) < 4.78 is 33.0.